The number of hydrogen-bond donors (Lipinski definition) is 1. The Morgan fingerprint density at radius 3 is 2.35 bits per heavy atom. The minimum Gasteiger partial charge on any atom is -0.497 e. The predicted molar refractivity (Wildman–Crippen MR) is 140 cm³/mol. The second-order valence-electron chi connectivity index (χ2n) is 8.73. The second-order valence-corrected chi connectivity index (χ2v) is 10.7. The molecular formula is C26H28N6O4S. The average Bonchev–Trinajstić information content (AvgIpc) is 3.53. The molecule has 0 bridgehead atoms. The summed E-state index contributed by atoms with van der Waals surface area (Å²) >= 11 is 0. The predicted octanol–water partition coefficient (Wildman–Crippen LogP) is 2.78. The molecular weight excluding hydrogens is 492 g/mol. The monoisotopic (exact) mass is 520 g/mol. The third-order valence-corrected chi connectivity index (χ3v) is 7.37. The highest BCUT2D eigenvalue weighted by atomic mass is 32.2. The van der Waals surface area contributed by atoms with E-state index in [0.29, 0.717) is 36.5 Å². The normalized spacial score (nSPS) is 13.6. The number of aromatic nitrogens is 4. The van der Waals surface area contributed by atoms with Gasteiger partial charge in [-0.3, -0.25) is 4.79 Å². The molecule has 11 heteroatoms. The van der Waals surface area contributed by atoms with Crippen molar-refractivity contribution in [3.05, 3.63) is 78.0 Å². The first kappa shape index (κ1) is 24.7. The number of hydrogen-bond acceptors (Lipinski definition) is 7. The van der Waals surface area contributed by atoms with Gasteiger partial charge >= 0.3 is 0 Å². The van der Waals surface area contributed by atoms with Gasteiger partial charge in [-0.1, -0.05) is 6.92 Å². The van der Waals surface area contributed by atoms with E-state index in [9.17, 15) is 13.2 Å². The molecule has 1 aliphatic heterocycles. The molecule has 0 unspecified atom stereocenters. The van der Waals surface area contributed by atoms with Crippen LogP contribution in [0.3, 0.4) is 0 Å². The fraction of sp³-hybridized carbons (Fsp3) is 0.269. The third kappa shape index (κ3) is 4.63. The number of fused-ring (bicyclic) bond motifs is 1. The van der Waals surface area contributed by atoms with Gasteiger partial charge in [0, 0.05) is 42.1 Å². The third-order valence-electron chi connectivity index (χ3n) is 6.34. The maximum atomic E-state index is 13.8. The molecule has 1 aliphatic rings. The highest BCUT2D eigenvalue weighted by Gasteiger charge is 2.35. The van der Waals surface area contributed by atoms with Crippen molar-refractivity contribution < 1.29 is 17.9 Å². The number of rotatable bonds is 8. The summed E-state index contributed by atoms with van der Waals surface area (Å²) in [6, 6.07) is 14.6. The van der Waals surface area contributed by atoms with E-state index in [1.165, 1.54) is 4.68 Å². The van der Waals surface area contributed by atoms with Crippen LogP contribution in [0.2, 0.25) is 0 Å². The van der Waals surface area contributed by atoms with Crippen LogP contribution in [0.5, 0.6) is 5.75 Å². The first-order chi connectivity index (χ1) is 17.8. The SMILES string of the molecule is CCNCc1nccn1-c1ccc(N2CCc3c(S(C)(=O)=O)nn(-c4ccc(OC)cc4)c3C2=O)cc1. The Bertz CT molecular complexity index is 1540. The molecule has 2 aromatic carbocycles. The van der Waals surface area contributed by atoms with Crippen LogP contribution >= 0.6 is 0 Å². The maximum absolute atomic E-state index is 13.8. The summed E-state index contributed by atoms with van der Waals surface area (Å²) in [6.45, 7) is 3.89. The van der Waals surface area contributed by atoms with E-state index in [-0.39, 0.29) is 16.6 Å². The highest BCUT2D eigenvalue weighted by molar-refractivity contribution is 7.90. The van der Waals surface area contributed by atoms with E-state index >= 15 is 0 Å². The summed E-state index contributed by atoms with van der Waals surface area (Å²) in [5.41, 5.74) is 2.93. The van der Waals surface area contributed by atoms with E-state index in [0.717, 1.165) is 30.0 Å². The molecule has 37 heavy (non-hydrogen) atoms. The van der Waals surface area contributed by atoms with Crippen molar-refractivity contribution >= 4 is 21.4 Å². The van der Waals surface area contributed by atoms with Gasteiger partial charge in [0.1, 0.15) is 17.3 Å². The van der Waals surface area contributed by atoms with Gasteiger partial charge in [-0.15, -0.1) is 0 Å². The van der Waals surface area contributed by atoms with Gasteiger partial charge in [-0.2, -0.15) is 5.10 Å². The largest absolute Gasteiger partial charge is 0.497 e. The molecule has 0 radical (unpaired) electrons. The minimum atomic E-state index is -3.63. The zero-order valence-corrected chi connectivity index (χ0v) is 21.7. The van der Waals surface area contributed by atoms with Crippen molar-refractivity contribution in [2.24, 2.45) is 0 Å². The number of methoxy groups -OCH3 is 1. The van der Waals surface area contributed by atoms with Gasteiger partial charge in [0.2, 0.25) is 0 Å². The lowest BCUT2D eigenvalue weighted by atomic mass is 10.1. The van der Waals surface area contributed by atoms with Crippen LogP contribution in [-0.4, -0.2) is 60.1 Å². The first-order valence-electron chi connectivity index (χ1n) is 11.9. The van der Waals surface area contributed by atoms with E-state index in [1.54, 1.807) is 42.5 Å². The molecule has 0 saturated heterocycles. The van der Waals surface area contributed by atoms with Crippen LogP contribution in [0, 0.1) is 0 Å². The number of sulfone groups is 1. The van der Waals surface area contributed by atoms with Crippen molar-refractivity contribution in [2.45, 2.75) is 24.9 Å². The van der Waals surface area contributed by atoms with E-state index in [4.69, 9.17) is 4.74 Å². The molecule has 0 aliphatic carbocycles. The summed E-state index contributed by atoms with van der Waals surface area (Å²) in [4.78, 5) is 19.9. The second kappa shape index (κ2) is 9.83. The maximum Gasteiger partial charge on any atom is 0.277 e. The number of nitrogens with zero attached hydrogens (tertiary/aromatic N) is 5. The Morgan fingerprint density at radius 1 is 1.03 bits per heavy atom. The van der Waals surface area contributed by atoms with Gasteiger partial charge in [0.25, 0.3) is 5.91 Å². The van der Waals surface area contributed by atoms with Gasteiger partial charge < -0.3 is 19.5 Å². The molecule has 2 aromatic heterocycles. The molecule has 0 atom stereocenters. The lowest BCUT2D eigenvalue weighted by Gasteiger charge is -2.28. The fourth-order valence-corrected chi connectivity index (χ4v) is 5.39. The average molecular weight is 521 g/mol. The van der Waals surface area contributed by atoms with Gasteiger partial charge in [-0.05, 0) is 61.5 Å². The quantitative estimate of drug-likeness (QED) is 0.380. The van der Waals surface area contributed by atoms with Crippen molar-refractivity contribution in [2.75, 3.05) is 31.4 Å². The molecule has 0 spiro atoms. The molecule has 10 nitrogen and oxygen atoms in total. The summed E-state index contributed by atoms with van der Waals surface area (Å²) in [5.74, 6) is 1.24. The number of nitrogens with one attached hydrogen (secondary N) is 1. The van der Waals surface area contributed by atoms with Crippen LogP contribution in [-0.2, 0) is 22.8 Å². The Balaban J connectivity index is 1.50. The molecule has 192 valence electrons. The molecule has 4 aromatic rings. The highest BCUT2D eigenvalue weighted by Crippen LogP contribution is 2.31. The zero-order valence-electron chi connectivity index (χ0n) is 20.9. The van der Waals surface area contributed by atoms with Crippen molar-refractivity contribution in [3.8, 4) is 17.1 Å². The van der Waals surface area contributed by atoms with Crippen molar-refractivity contribution in [1.82, 2.24) is 24.6 Å². The number of ether oxygens (including phenoxy) is 1. The van der Waals surface area contributed by atoms with Gasteiger partial charge in [-0.25, -0.2) is 18.1 Å². The van der Waals surface area contributed by atoms with Crippen molar-refractivity contribution in [3.63, 3.8) is 0 Å². The molecule has 0 fully saturated rings. The standard InChI is InChI=1S/C26H28N6O4S/c1-4-27-17-23-28-14-16-30(23)18-5-7-19(8-6-18)31-15-13-22-24(26(31)33)32(29-25(22)37(3,34)35)20-9-11-21(36-2)12-10-20/h5-12,14,16,27H,4,13,15,17H2,1-3H3. The summed E-state index contributed by atoms with van der Waals surface area (Å²) < 4.78 is 33.7. The van der Waals surface area contributed by atoms with E-state index in [2.05, 4.69) is 15.4 Å². The lowest BCUT2D eigenvalue weighted by Crippen LogP contribution is -2.39. The Labute approximate surface area is 215 Å². The molecule has 1 N–H and O–H groups in total. The summed E-state index contributed by atoms with van der Waals surface area (Å²) in [5, 5.41) is 7.60. The molecule has 3 heterocycles. The van der Waals surface area contributed by atoms with Crippen LogP contribution in [0.25, 0.3) is 11.4 Å². The van der Waals surface area contributed by atoms with Crippen molar-refractivity contribution in [1.29, 1.82) is 0 Å². The number of anilines is 1. The van der Waals surface area contributed by atoms with Gasteiger partial charge in [0.05, 0.1) is 19.3 Å². The lowest BCUT2D eigenvalue weighted by molar-refractivity contribution is 0.0973. The topological polar surface area (TPSA) is 111 Å². The fourth-order valence-electron chi connectivity index (χ4n) is 4.51. The van der Waals surface area contributed by atoms with Crippen LogP contribution in [0.4, 0.5) is 5.69 Å². The number of imidazole rings is 1. The zero-order chi connectivity index (χ0) is 26.2. The summed E-state index contributed by atoms with van der Waals surface area (Å²) in [7, 11) is -2.07. The van der Waals surface area contributed by atoms with E-state index < -0.39 is 9.84 Å². The van der Waals surface area contributed by atoms with Crippen LogP contribution in [0.15, 0.2) is 66.0 Å². The molecule has 1 amide bonds. The Morgan fingerprint density at radius 2 is 1.70 bits per heavy atom. The Hall–Kier alpha value is -3.96. The smallest absolute Gasteiger partial charge is 0.277 e. The van der Waals surface area contributed by atoms with Crippen LogP contribution < -0.4 is 15.0 Å². The number of carbonyl (C=O) groups is 1. The van der Waals surface area contributed by atoms with E-state index in [1.807, 2.05) is 42.0 Å². The number of benzene rings is 2. The molecule has 5 rings (SSSR count). The number of carbonyl (C=O) groups excluding carboxylic acids is 1. The van der Waals surface area contributed by atoms with Crippen LogP contribution in [0.1, 0.15) is 28.8 Å². The number of amides is 1. The van der Waals surface area contributed by atoms with Gasteiger partial charge in [0.15, 0.2) is 14.9 Å². The summed E-state index contributed by atoms with van der Waals surface area (Å²) in [6.07, 6.45) is 5.15. The Kier molecular flexibility index (Phi) is 6.57. The first-order valence-corrected chi connectivity index (χ1v) is 13.8. The minimum absolute atomic E-state index is 0.0602. The molecule has 0 saturated carbocycles.